The molecular weight excluding hydrogens is 384 g/mol. The zero-order valence-electron chi connectivity index (χ0n) is 16.2. The summed E-state index contributed by atoms with van der Waals surface area (Å²) in [7, 11) is 0. The normalized spacial score (nSPS) is 11.8. The number of ether oxygens (including phenoxy) is 1. The number of aryl methyl sites for hydroxylation is 1. The zero-order valence-corrected chi connectivity index (χ0v) is 17.0. The highest BCUT2D eigenvalue weighted by atomic mass is 35.5. The minimum atomic E-state index is -0.722. The lowest BCUT2D eigenvalue weighted by atomic mass is 10.1. The number of anilines is 1. The van der Waals surface area contributed by atoms with E-state index in [0.717, 1.165) is 5.56 Å². The molecule has 0 bridgehead atoms. The maximum absolute atomic E-state index is 12.3. The van der Waals surface area contributed by atoms with Gasteiger partial charge in [0.15, 0.2) is 5.78 Å². The Morgan fingerprint density at radius 2 is 1.96 bits per heavy atom. The van der Waals surface area contributed by atoms with E-state index in [2.05, 4.69) is 10.6 Å². The van der Waals surface area contributed by atoms with Gasteiger partial charge in [0, 0.05) is 11.1 Å². The summed E-state index contributed by atoms with van der Waals surface area (Å²) in [5.41, 5.74) is 0.970. The van der Waals surface area contributed by atoms with Crippen LogP contribution in [0.15, 0.2) is 28.7 Å². The summed E-state index contributed by atoms with van der Waals surface area (Å²) in [6.45, 7) is 6.51. The summed E-state index contributed by atoms with van der Waals surface area (Å²) in [6, 6.07) is 7.18. The van der Waals surface area contributed by atoms with Gasteiger partial charge in [0.2, 0.25) is 11.8 Å². The molecule has 1 aromatic carbocycles. The third kappa shape index (κ3) is 5.21. The largest absolute Gasteiger partial charge is 0.462 e. The standard InChI is InChI=1S/C20H23ClN2O5/c1-5-27-20(26)18-17(12(3)24)13(4)28-19(18)23-16(25)10-22-11(2)14-7-6-8-15(21)9-14/h6-9,11,22H,5,10H2,1-4H3,(H,23,25)/t11-/m1/s1. The van der Waals surface area contributed by atoms with E-state index in [9.17, 15) is 14.4 Å². The number of esters is 1. The molecule has 8 heteroatoms. The van der Waals surface area contributed by atoms with Crippen LogP contribution in [-0.4, -0.2) is 30.8 Å². The topological polar surface area (TPSA) is 97.6 Å². The molecular formula is C20H23ClN2O5. The predicted octanol–water partition coefficient (Wildman–Crippen LogP) is 3.91. The number of hydrogen-bond donors (Lipinski definition) is 2. The van der Waals surface area contributed by atoms with E-state index in [1.807, 2.05) is 25.1 Å². The molecule has 0 saturated heterocycles. The number of Topliss-reactive ketones (excluding diaryl/α,β-unsaturated/α-hetero) is 1. The first-order valence-electron chi connectivity index (χ1n) is 8.84. The molecule has 0 unspecified atom stereocenters. The number of rotatable bonds is 8. The molecule has 0 saturated carbocycles. The van der Waals surface area contributed by atoms with E-state index < -0.39 is 11.9 Å². The zero-order chi connectivity index (χ0) is 20.8. The van der Waals surface area contributed by atoms with Crippen LogP contribution < -0.4 is 10.6 Å². The second-order valence-corrected chi connectivity index (χ2v) is 6.66. The van der Waals surface area contributed by atoms with Crippen molar-refractivity contribution in [2.45, 2.75) is 33.7 Å². The van der Waals surface area contributed by atoms with E-state index in [0.29, 0.717) is 5.02 Å². The summed E-state index contributed by atoms with van der Waals surface area (Å²) in [4.78, 5) is 36.5. The van der Waals surface area contributed by atoms with E-state index >= 15 is 0 Å². The van der Waals surface area contributed by atoms with Crippen molar-refractivity contribution in [2.75, 3.05) is 18.5 Å². The van der Waals surface area contributed by atoms with Crippen LogP contribution in [0.2, 0.25) is 5.02 Å². The Kier molecular flexibility index (Phi) is 7.37. The maximum Gasteiger partial charge on any atom is 0.344 e. The van der Waals surface area contributed by atoms with Crippen molar-refractivity contribution in [3.8, 4) is 0 Å². The Morgan fingerprint density at radius 1 is 1.25 bits per heavy atom. The van der Waals surface area contributed by atoms with Gasteiger partial charge < -0.3 is 14.5 Å². The summed E-state index contributed by atoms with van der Waals surface area (Å²) >= 11 is 5.98. The summed E-state index contributed by atoms with van der Waals surface area (Å²) in [5, 5.41) is 6.21. The first-order valence-corrected chi connectivity index (χ1v) is 9.22. The molecule has 0 aliphatic rings. The molecule has 1 atom stereocenters. The van der Waals surface area contributed by atoms with Crippen LogP contribution in [0.25, 0.3) is 0 Å². The van der Waals surface area contributed by atoms with Gasteiger partial charge in [-0.3, -0.25) is 14.9 Å². The van der Waals surface area contributed by atoms with Gasteiger partial charge in [0.05, 0.1) is 18.7 Å². The lowest BCUT2D eigenvalue weighted by Gasteiger charge is -2.14. The van der Waals surface area contributed by atoms with Gasteiger partial charge in [-0.15, -0.1) is 0 Å². The third-order valence-electron chi connectivity index (χ3n) is 4.09. The van der Waals surface area contributed by atoms with E-state index in [-0.39, 0.29) is 47.7 Å². The number of ketones is 1. The molecule has 0 aliphatic carbocycles. The molecule has 0 radical (unpaired) electrons. The smallest absolute Gasteiger partial charge is 0.344 e. The van der Waals surface area contributed by atoms with Crippen molar-refractivity contribution in [3.05, 3.63) is 51.7 Å². The lowest BCUT2D eigenvalue weighted by Crippen LogP contribution is -2.30. The Hall–Kier alpha value is -2.64. The Balaban J connectivity index is 2.12. The van der Waals surface area contributed by atoms with Gasteiger partial charge in [-0.1, -0.05) is 23.7 Å². The van der Waals surface area contributed by atoms with Crippen molar-refractivity contribution in [2.24, 2.45) is 0 Å². The number of carbonyl (C=O) groups is 3. The lowest BCUT2D eigenvalue weighted by molar-refractivity contribution is -0.115. The quantitative estimate of drug-likeness (QED) is 0.509. The number of benzene rings is 1. The van der Waals surface area contributed by atoms with Gasteiger partial charge in [-0.2, -0.15) is 0 Å². The number of amides is 1. The van der Waals surface area contributed by atoms with Gasteiger partial charge in [0.25, 0.3) is 0 Å². The Morgan fingerprint density at radius 3 is 2.57 bits per heavy atom. The molecule has 1 aromatic heterocycles. The molecule has 2 N–H and O–H groups in total. The molecule has 7 nitrogen and oxygen atoms in total. The predicted molar refractivity (Wildman–Crippen MR) is 106 cm³/mol. The number of halogens is 1. The molecule has 150 valence electrons. The molecule has 0 fully saturated rings. The van der Waals surface area contributed by atoms with Crippen LogP contribution in [0.4, 0.5) is 5.88 Å². The fourth-order valence-corrected chi connectivity index (χ4v) is 2.96. The van der Waals surface area contributed by atoms with Crippen LogP contribution in [-0.2, 0) is 9.53 Å². The molecule has 0 spiro atoms. The number of furan rings is 1. The highest BCUT2D eigenvalue weighted by Crippen LogP contribution is 2.28. The number of nitrogens with one attached hydrogen (secondary N) is 2. The summed E-state index contributed by atoms with van der Waals surface area (Å²) in [5.74, 6) is -1.35. The molecule has 2 aromatic rings. The first kappa shape index (κ1) is 21.7. The van der Waals surface area contributed by atoms with Crippen LogP contribution in [0.3, 0.4) is 0 Å². The van der Waals surface area contributed by atoms with Crippen molar-refractivity contribution in [1.82, 2.24) is 5.32 Å². The van der Waals surface area contributed by atoms with Crippen molar-refractivity contribution < 1.29 is 23.5 Å². The minimum Gasteiger partial charge on any atom is -0.462 e. The Bertz CT molecular complexity index is 891. The number of hydrogen-bond acceptors (Lipinski definition) is 6. The van der Waals surface area contributed by atoms with Gasteiger partial charge in [0.1, 0.15) is 11.3 Å². The Labute approximate surface area is 168 Å². The molecule has 2 rings (SSSR count). The fraction of sp³-hybridized carbons (Fsp3) is 0.350. The van der Waals surface area contributed by atoms with Crippen LogP contribution in [0.5, 0.6) is 0 Å². The van der Waals surface area contributed by atoms with E-state index in [1.165, 1.54) is 6.92 Å². The molecule has 28 heavy (non-hydrogen) atoms. The van der Waals surface area contributed by atoms with Crippen molar-refractivity contribution in [1.29, 1.82) is 0 Å². The third-order valence-corrected chi connectivity index (χ3v) is 4.32. The highest BCUT2D eigenvalue weighted by molar-refractivity contribution is 6.30. The maximum atomic E-state index is 12.3. The van der Waals surface area contributed by atoms with Crippen LogP contribution >= 0.6 is 11.6 Å². The van der Waals surface area contributed by atoms with Crippen LogP contribution in [0, 0.1) is 6.92 Å². The van der Waals surface area contributed by atoms with Gasteiger partial charge in [-0.05, 0) is 45.4 Å². The molecule has 0 aliphatic heterocycles. The first-order chi connectivity index (χ1) is 13.2. The second-order valence-electron chi connectivity index (χ2n) is 6.22. The molecule has 1 amide bonds. The van der Waals surface area contributed by atoms with Crippen molar-refractivity contribution in [3.63, 3.8) is 0 Å². The average Bonchev–Trinajstić information content (AvgIpc) is 2.95. The van der Waals surface area contributed by atoms with Crippen molar-refractivity contribution >= 4 is 35.1 Å². The van der Waals surface area contributed by atoms with Gasteiger partial charge >= 0.3 is 5.97 Å². The molecule has 1 heterocycles. The van der Waals surface area contributed by atoms with E-state index in [4.69, 9.17) is 20.8 Å². The fourth-order valence-electron chi connectivity index (χ4n) is 2.77. The minimum absolute atomic E-state index is 0.0366. The second kappa shape index (κ2) is 9.52. The van der Waals surface area contributed by atoms with Crippen LogP contribution in [0.1, 0.15) is 58.9 Å². The average molecular weight is 407 g/mol. The summed E-state index contributed by atoms with van der Waals surface area (Å²) < 4.78 is 10.4. The van der Waals surface area contributed by atoms with E-state index in [1.54, 1.807) is 19.9 Å². The monoisotopic (exact) mass is 406 g/mol. The summed E-state index contributed by atoms with van der Waals surface area (Å²) in [6.07, 6.45) is 0. The highest BCUT2D eigenvalue weighted by Gasteiger charge is 2.28. The SMILES string of the molecule is CCOC(=O)c1c(NC(=O)CN[C@H](C)c2cccc(Cl)c2)oc(C)c1C(C)=O. The number of carbonyl (C=O) groups excluding carboxylic acids is 3. The van der Waals surface area contributed by atoms with Gasteiger partial charge in [-0.25, -0.2) is 4.79 Å².